The predicted molar refractivity (Wildman–Crippen MR) is 63.1 cm³/mol. The van der Waals surface area contributed by atoms with Gasteiger partial charge in [0.2, 0.25) is 0 Å². The van der Waals surface area contributed by atoms with E-state index in [-0.39, 0.29) is 0 Å². The van der Waals surface area contributed by atoms with E-state index in [1.807, 2.05) is 0 Å². The van der Waals surface area contributed by atoms with Crippen LogP contribution >= 0.6 is 0 Å². The molecule has 1 fully saturated rings. The molecule has 1 heteroatoms. The molecule has 0 spiro atoms. The van der Waals surface area contributed by atoms with E-state index in [1.54, 1.807) is 11.1 Å². The van der Waals surface area contributed by atoms with Crippen molar-refractivity contribution < 1.29 is 0 Å². The maximum Gasteiger partial charge on any atom is 0.00955 e. The van der Waals surface area contributed by atoms with Crippen molar-refractivity contribution in [2.24, 2.45) is 0 Å². The molecule has 1 heterocycles. The average Bonchev–Trinajstić information content (AvgIpc) is 2.39. The van der Waals surface area contributed by atoms with Crippen LogP contribution in [0.5, 0.6) is 0 Å². The van der Waals surface area contributed by atoms with Crippen LogP contribution in [0, 0.1) is 0 Å². The molecule has 1 aromatic rings. The number of hydrogen-bond acceptors (Lipinski definition) is 1. The quantitative estimate of drug-likeness (QED) is 0.675. The summed E-state index contributed by atoms with van der Waals surface area (Å²) in [5.41, 5.74) is 3.17. The van der Waals surface area contributed by atoms with Gasteiger partial charge >= 0.3 is 0 Å². The number of fused-ring (bicyclic) bond motifs is 1. The molecule has 1 nitrogen and oxygen atoms in total. The van der Waals surface area contributed by atoms with Crippen molar-refractivity contribution in [2.45, 2.75) is 38.1 Å². The standard InChI is InChI=1S/C14H19N/c1-2-5-13-9-11-15(14-6-3-7-14)10-8-12(13)4-1/h1-2,4-5,14H,3,6-11H2. The first-order chi connectivity index (χ1) is 7.43. The summed E-state index contributed by atoms with van der Waals surface area (Å²) in [7, 11) is 0. The summed E-state index contributed by atoms with van der Waals surface area (Å²) in [6, 6.07) is 9.88. The van der Waals surface area contributed by atoms with Crippen molar-refractivity contribution in [1.82, 2.24) is 4.90 Å². The zero-order valence-corrected chi connectivity index (χ0v) is 9.28. The SMILES string of the molecule is c1ccc2c(c1)CCN(C1CCC1)CC2. The zero-order chi connectivity index (χ0) is 10.1. The van der Waals surface area contributed by atoms with Gasteiger partial charge in [0.25, 0.3) is 0 Å². The Labute approximate surface area is 92.1 Å². The summed E-state index contributed by atoms with van der Waals surface area (Å²) in [4.78, 5) is 2.71. The van der Waals surface area contributed by atoms with E-state index in [1.165, 1.54) is 45.2 Å². The molecule has 0 saturated heterocycles. The van der Waals surface area contributed by atoms with E-state index in [2.05, 4.69) is 29.2 Å². The van der Waals surface area contributed by atoms with Crippen LogP contribution in [0.3, 0.4) is 0 Å². The first-order valence-corrected chi connectivity index (χ1v) is 6.24. The van der Waals surface area contributed by atoms with Gasteiger partial charge in [-0.25, -0.2) is 0 Å². The lowest BCUT2D eigenvalue weighted by Gasteiger charge is -2.36. The van der Waals surface area contributed by atoms with Crippen LogP contribution in [0.25, 0.3) is 0 Å². The molecule has 2 aliphatic rings. The van der Waals surface area contributed by atoms with Gasteiger partial charge in [-0.3, -0.25) is 4.90 Å². The van der Waals surface area contributed by atoms with Gasteiger partial charge in [-0.05, 0) is 36.8 Å². The first-order valence-electron chi connectivity index (χ1n) is 6.24. The summed E-state index contributed by atoms with van der Waals surface area (Å²) < 4.78 is 0. The number of nitrogens with zero attached hydrogens (tertiary/aromatic N) is 1. The topological polar surface area (TPSA) is 3.24 Å². The molecule has 3 rings (SSSR count). The molecule has 0 unspecified atom stereocenters. The smallest absolute Gasteiger partial charge is 0.00955 e. The molecule has 0 amide bonds. The first kappa shape index (κ1) is 9.41. The van der Waals surface area contributed by atoms with Gasteiger partial charge in [0.15, 0.2) is 0 Å². The highest BCUT2D eigenvalue weighted by Gasteiger charge is 2.25. The zero-order valence-electron chi connectivity index (χ0n) is 9.28. The van der Waals surface area contributed by atoms with Crippen molar-refractivity contribution >= 4 is 0 Å². The molecule has 0 radical (unpaired) electrons. The van der Waals surface area contributed by atoms with Crippen LogP contribution in [-0.2, 0) is 12.8 Å². The van der Waals surface area contributed by atoms with Crippen LogP contribution in [0.4, 0.5) is 0 Å². The lowest BCUT2D eigenvalue weighted by molar-refractivity contribution is 0.133. The molecule has 0 N–H and O–H groups in total. The van der Waals surface area contributed by atoms with Gasteiger partial charge in [0, 0.05) is 19.1 Å². The minimum atomic E-state index is 0.916. The van der Waals surface area contributed by atoms with Gasteiger partial charge in [0.1, 0.15) is 0 Å². The van der Waals surface area contributed by atoms with Crippen LogP contribution in [0.2, 0.25) is 0 Å². The molecule has 1 aliphatic heterocycles. The molecule has 0 atom stereocenters. The van der Waals surface area contributed by atoms with Gasteiger partial charge < -0.3 is 0 Å². The molecule has 1 aromatic carbocycles. The third kappa shape index (κ3) is 1.81. The van der Waals surface area contributed by atoms with Crippen molar-refractivity contribution in [3.63, 3.8) is 0 Å². The molecule has 0 aromatic heterocycles. The highest BCUT2D eigenvalue weighted by atomic mass is 15.2. The number of benzene rings is 1. The molecule has 1 saturated carbocycles. The summed E-state index contributed by atoms with van der Waals surface area (Å²) in [6.07, 6.45) is 6.85. The third-order valence-electron chi connectivity index (χ3n) is 4.05. The Balaban J connectivity index is 1.73. The maximum absolute atomic E-state index is 2.71. The van der Waals surface area contributed by atoms with E-state index in [9.17, 15) is 0 Å². The summed E-state index contributed by atoms with van der Waals surface area (Å²) in [5.74, 6) is 0. The Kier molecular flexibility index (Phi) is 2.49. The third-order valence-corrected chi connectivity index (χ3v) is 4.05. The summed E-state index contributed by atoms with van der Waals surface area (Å²) in [6.45, 7) is 2.56. The Morgan fingerprint density at radius 1 is 0.933 bits per heavy atom. The minimum absolute atomic E-state index is 0.916. The molecular weight excluding hydrogens is 182 g/mol. The lowest BCUT2D eigenvalue weighted by atomic mass is 9.91. The summed E-state index contributed by atoms with van der Waals surface area (Å²) >= 11 is 0. The Hall–Kier alpha value is -0.820. The number of hydrogen-bond donors (Lipinski definition) is 0. The molecular formula is C14H19N. The lowest BCUT2D eigenvalue weighted by Crippen LogP contribution is -2.41. The van der Waals surface area contributed by atoms with Gasteiger partial charge in [0.05, 0.1) is 0 Å². The fraction of sp³-hybridized carbons (Fsp3) is 0.571. The fourth-order valence-electron chi connectivity index (χ4n) is 2.80. The predicted octanol–water partition coefficient (Wildman–Crippen LogP) is 2.64. The molecule has 80 valence electrons. The minimum Gasteiger partial charge on any atom is -0.300 e. The largest absolute Gasteiger partial charge is 0.300 e. The molecule has 0 bridgehead atoms. The second-order valence-corrected chi connectivity index (χ2v) is 4.89. The highest BCUT2D eigenvalue weighted by Crippen LogP contribution is 2.27. The van der Waals surface area contributed by atoms with Gasteiger partial charge in [-0.2, -0.15) is 0 Å². The Bertz CT molecular complexity index is 314. The second kappa shape index (κ2) is 3.97. The van der Waals surface area contributed by atoms with E-state index in [0.717, 1.165) is 6.04 Å². The van der Waals surface area contributed by atoms with Crippen molar-refractivity contribution in [1.29, 1.82) is 0 Å². The average molecular weight is 201 g/mol. The monoisotopic (exact) mass is 201 g/mol. The van der Waals surface area contributed by atoms with Crippen molar-refractivity contribution in [3.05, 3.63) is 35.4 Å². The summed E-state index contributed by atoms with van der Waals surface area (Å²) in [5, 5.41) is 0. The highest BCUT2D eigenvalue weighted by molar-refractivity contribution is 5.28. The van der Waals surface area contributed by atoms with Gasteiger partial charge in [-0.15, -0.1) is 0 Å². The fourth-order valence-corrected chi connectivity index (χ4v) is 2.80. The van der Waals surface area contributed by atoms with Crippen LogP contribution in [0.1, 0.15) is 30.4 Å². The van der Waals surface area contributed by atoms with E-state index in [0.29, 0.717) is 0 Å². The van der Waals surface area contributed by atoms with E-state index < -0.39 is 0 Å². The van der Waals surface area contributed by atoms with Crippen LogP contribution < -0.4 is 0 Å². The van der Waals surface area contributed by atoms with Crippen molar-refractivity contribution in [3.8, 4) is 0 Å². The van der Waals surface area contributed by atoms with E-state index in [4.69, 9.17) is 0 Å². The normalized spacial score (nSPS) is 22.9. The molecule has 1 aliphatic carbocycles. The van der Waals surface area contributed by atoms with E-state index >= 15 is 0 Å². The second-order valence-electron chi connectivity index (χ2n) is 4.89. The van der Waals surface area contributed by atoms with Crippen LogP contribution in [-0.4, -0.2) is 24.0 Å². The van der Waals surface area contributed by atoms with Crippen molar-refractivity contribution in [2.75, 3.05) is 13.1 Å². The number of rotatable bonds is 1. The maximum atomic E-state index is 2.71. The Morgan fingerprint density at radius 2 is 1.53 bits per heavy atom. The Morgan fingerprint density at radius 3 is 2.00 bits per heavy atom. The van der Waals surface area contributed by atoms with Crippen LogP contribution in [0.15, 0.2) is 24.3 Å². The molecule has 15 heavy (non-hydrogen) atoms. The van der Waals surface area contributed by atoms with Gasteiger partial charge in [-0.1, -0.05) is 30.7 Å².